The molecule has 0 atom stereocenters. The van der Waals surface area contributed by atoms with Crippen LogP contribution < -0.4 is 15.0 Å². The van der Waals surface area contributed by atoms with Gasteiger partial charge in [0, 0.05) is 49.6 Å². The van der Waals surface area contributed by atoms with Gasteiger partial charge in [-0.3, -0.25) is 0 Å². The number of hydrogen-bond acceptors (Lipinski definition) is 9. The van der Waals surface area contributed by atoms with Gasteiger partial charge < -0.3 is 29.7 Å². The number of aromatic nitrogens is 3. The van der Waals surface area contributed by atoms with E-state index in [9.17, 15) is 9.59 Å². The molecule has 1 saturated heterocycles. The average Bonchev–Trinajstić information content (AvgIpc) is 3.69. The molecule has 0 radical (unpaired) electrons. The molecule has 3 N–H and O–H groups in total. The Balaban J connectivity index is 0.000000386. The number of anilines is 1. The van der Waals surface area contributed by atoms with Gasteiger partial charge in [-0.05, 0) is 75.6 Å². The fraction of sp³-hybridized carbons (Fsp3) is 0.464. The highest BCUT2D eigenvalue weighted by molar-refractivity contribution is 5.89. The van der Waals surface area contributed by atoms with Crippen LogP contribution in [0.5, 0.6) is 5.75 Å². The van der Waals surface area contributed by atoms with E-state index in [0.29, 0.717) is 24.6 Å². The molecule has 3 aromatic rings. The number of nitrogens with zero attached hydrogens (tertiary/aromatic N) is 4. The summed E-state index contributed by atoms with van der Waals surface area (Å²) in [6.07, 6.45) is 11.7. The Bertz CT molecular complexity index is 1250. The summed E-state index contributed by atoms with van der Waals surface area (Å²) in [5.74, 6) is 0.680. The van der Waals surface area contributed by atoms with Gasteiger partial charge in [-0.15, -0.1) is 0 Å². The predicted octanol–water partition coefficient (Wildman–Crippen LogP) is 3.69. The van der Waals surface area contributed by atoms with Crippen molar-refractivity contribution in [2.75, 3.05) is 31.6 Å². The molecule has 39 heavy (non-hydrogen) atoms. The van der Waals surface area contributed by atoms with Gasteiger partial charge >= 0.3 is 11.9 Å². The lowest BCUT2D eigenvalue weighted by molar-refractivity contribution is -0.134. The number of hydrogen-bond donors (Lipinski definition) is 3. The topological polar surface area (TPSA) is 151 Å². The molecule has 3 heterocycles. The van der Waals surface area contributed by atoms with Crippen LogP contribution in [-0.4, -0.2) is 64.0 Å². The molecule has 0 unspecified atom stereocenters. The van der Waals surface area contributed by atoms with Crippen molar-refractivity contribution in [1.82, 2.24) is 20.4 Å². The van der Waals surface area contributed by atoms with E-state index in [1.807, 2.05) is 25.5 Å². The molecule has 208 valence electrons. The third-order valence-electron chi connectivity index (χ3n) is 6.91. The monoisotopic (exact) mass is 537 g/mol. The lowest BCUT2D eigenvalue weighted by Crippen LogP contribution is -2.34. The minimum absolute atomic E-state index is 0.558. The lowest BCUT2D eigenvalue weighted by Gasteiger charge is -2.31. The summed E-state index contributed by atoms with van der Waals surface area (Å²) >= 11 is 0. The number of ether oxygens (including phenoxy) is 1. The largest absolute Gasteiger partial charge is 0.493 e. The summed E-state index contributed by atoms with van der Waals surface area (Å²) in [4.78, 5) is 30.2. The highest BCUT2D eigenvalue weighted by Crippen LogP contribution is 2.34. The second-order valence-electron chi connectivity index (χ2n) is 9.86. The van der Waals surface area contributed by atoms with Crippen molar-refractivity contribution in [2.24, 2.45) is 11.8 Å². The molecule has 11 heteroatoms. The van der Waals surface area contributed by atoms with Gasteiger partial charge in [-0.1, -0.05) is 5.16 Å². The summed E-state index contributed by atoms with van der Waals surface area (Å²) in [5, 5.41) is 24.4. The predicted molar refractivity (Wildman–Crippen MR) is 145 cm³/mol. The highest BCUT2D eigenvalue weighted by Gasteiger charge is 2.24. The smallest absolute Gasteiger partial charge is 0.328 e. The van der Waals surface area contributed by atoms with Crippen LogP contribution in [0.25, 0.3) is 11.0 Å². The summed E-state index contributed by atoms with van der Waals surface area (Å²) in [6.45, 7) is 3.55. The number of piperidine rings is 1. The van der Waals surface area contributed by atoms with Crippen molar-refractivity contribution < 1.29 is 29.1 Å². The fourth-order valence-corrected chi connectivity index (χ4v) is 4.60. The van der Waals surface area contributed by atoms with Crippen molar-refractivity contribution in [2.45, 2.75) is 45.1 Å². The van der Waals surface area contributed by atoms with Crippen LogP contribution in [0.3, 0.4) is 0 Å². The van der Waals surface area contributed by atoms with Gasteiger partial charge in [0.1, 0.15) is 5.75 Å². The number of aryl methyl sites for hydroxylation is 1. The maximum atomic E-state index is 9.55. The van der Waals surface area contributed by atoms with Gasteiger partial charge in [-0.2, -0.15) is 0 Å². The van der Waals surface area contributed by atoms with Crippen LogP contribution in [0.15, 0.2) is 47.3 Å². The second kappa shape index (κ2) is 13.7. The normalized spacial score (nSPS) is 15.8. The molecule has 1 aromatic carbocycles. The third kappa shape index (κ3) is 8.25. The SMILES string of the molecule is CNCc1c(OCC2CC2)ccc2c(CCC3CCN(c4ncccn4)CC3)noc12.O=C(O)/C=C/C(=O)O. The Hall–Kier alpha value is -3.99. The molecule has 0 amide bonds. The number of fused-ring (bicyclic) bond motifs is 1. The van der Waals surface area contributed by atoms with Crippen molar-refractivity contribution in [3.05, 3.63) is 54.0 Å². The van der Waals surface area contributed by atoms with Crippen LogP contribution >= 0.6 is 0 Å². The number of benzene rings is 1. The van der Waals surface area contributed by atoms with Gasteiger partial charge in [0.25, 0.3) is 0 Å². The summed E-state index contributed by atoms with van der Waals surface area (Å²) in [5.41, 5.74) is 3.01. The van der Waals surface area contributed by atoms with Crippen LogP contribution in [0, 0.1) is 11.8 Å². The Morgan fingerprint density at radius 2 is 1.77 bits per heavy atom. The van der Waals surface area contributed by atoms with E-state index in [4.69, 9.17) is 19.5 Å². The van der Waals surface area contributed by atoms with Gasteiger partial charge in [0.15, 0.2) is 5.58 Å². The second-order valence-corrected chi connectivity index (χ2v) is 9.86. The van der Waals surface area contributed by atoms with E-state index in [1.165, 1.54) is 12.8 Å². The van der Waals surface area contributed by atoms with Gasteiger partial charge in [-0.25, -0.2) is 19.6 Å². The van der Waals surface area contributed by atoms with E-state index in [-0.39, 0.29) is 0 Å². The Kier molecular flexibility index (Phi) is 9.85. The molecule has 1 saturated carbocycles. The third-order valence-corrected chi connectivity index (χ3v) is 6.91. The standard InChI is InChI=1S/C24H31N5O2.C4H4O4/c1-25-15-20-22(30-16-18-3-4-18)8-6-19-21(28-31-23(19)20)7-5-17-9-13-29(14-10-17)24-26-11-2-12-27-24;5-3(6)1-2-4(7)8/h2,6,8,11-12,17-18,25H,3-5,7,9-10,13-16H2,1H3;1-2H,(H,5,6)(H,7,8)/b;2-1+. The van der Waals surface area contributed by atoms with Crippen molar-refractivity contribution in [3.8, 4) is 5.75 Å². The summed E-state index contributed by atoms with van der Waals surface area (Å²) in [6, 6.07) is 6.08. The number of aliphatic carboxylic acids is 2. The zero-order valence-electron chi connectivity index (χ0n) is 22.1. The molecular weight excluding hydrogens is 502 g/mol. The molecule has 0 bridgehead atoms. The fourth-order valence-electron chi connectivity index (χ4n) is 4.60. The maximum absolute atomic E-state index is 9.55. The zero-order chi connectivity index (χ0) is 27.6. The zero-order valence-corrected chi connectivity index (χ0v) is 22.1. The maximum Gasteiger partial charge on any atom is 0.328 e. The van der Waals surface area contributed by atoms with Crippen LogP contribution in [0.1, 0.15) is 43.4 Å². The first kappa shape index (κ1) is 28.0. The van der Waals surface area contributed by atoms with Crippen molar-refractivity contribution in [1.29, 1.82) is 0 Å². The molecule has 2 fully saturated rings. The highest BCUT2D eigenvalue weighted by atomic mass is 16.5. The van der Waals surface area contributed by atoms with E-state index in [2.05, 4.69) is 37.5 Å². The first-order valence-corrected chi connectivity index (χ1v) is 13.3. The Morgan fingerprint density at radius 3 is 2.38 bits per heavy atom. The van der Waals surface area contributed by atoms with E-state index in [1.54, 1.807) is 0 Å². The number of rotatable bonds is 11. The molecule has 2 aliphatic rings. The summed E-state index contributed by atoms with van der Waals surface area (Å²) < 4.78 is 11.9. The minimum Gasteiger partial charge on any atom is -0.493 e. The quantitative estimate of drug-likeness (QED) is 0.307. The Morgan fingerprint density at radius 1 is 1.08 bits per heavy atom. The molecular formula is C28H35N5O6. The van der Waals surface area contributed by atoms with Gasteiger partial charge in [0.05, 0.1) is 17.9 Å². The number of nitrogens with one attached hydrogen (secondary N) is 1. The van der Waals surface area contributed by atoms with Gasteiger partial charge in [0.2, 0.25) is 5.95 Å². The van der Waals surface area contributed by atoms with Crippen LogP contribution in [-0.2, 0) is 22.6 Å². The van der Waals surface area contributed by atoms with Crippen molar-refractivity contribution in [3.63, 3.8) is 0 Å². The molecule has 1 aliphatic heterocycles. The average molecular weight is 538 g/mol. The first-order chi connectivity index (χ1) is 18.9. The van der Waals surface area contributed by atoms with Crippen LogP contribution in [0.2, 0.25) is 0 Å². The minimum atomic E-state index is -1.26. The van der Waals surface area contributed by atoms with E-state index >= 15 is 0 Å². The number of carboxylic acid groups (broad SMARTS) is 2. The molecule has 0 spiro atoms. The van der Waals surface area contributed by atoms with Crippen molar-refractivity contribution >= 4 is 28.9 Å². The number of carboxylic acids is 2. The summed E-state index contributed by atoms with van der Waals surface area (Å²) in [7, 11) is 1.95. The van der Waals surface area contributed by atoms with Crippen LogP contribution in [0.4, 0.5) is 5.95 Å². The van der Waals surface area contributed by atoms with E-state index in [0.717, 1.165) is 85.2 Å². The molecule has 11 nitrogen and oxygen atoms in total. The Labute approximate surface area is 226 Å². The first-order valence-electron chi connectivity index (χ1n) is 13.3. The number of carbonyl (C=O) groups is 2. The molecule has 2 aromatic heterocycles. The lowest BCUT2D eigenvalue weighted by atomic mass is 9.91. The molecule has 1 aliphatic carbocycles. The molecule has 5 rings (SSSR count). The van der Waals surface area contributed by atoms with E-state index < -0.39 is 11.9 Å².